The maximum absolute atomic E-state index is 12.9. The normalized spacial score (nSPS) is 12.2. The SMILES string of the molecule is CCCCC(CC)C(=O)Oc1cc(-c2ccccc2)nn1-c1nc2ccccc2[nH]1. The number of hydrogen-bond acceptors (Lipinski definition) is 4. The van der Waals surface area contributed by atoms with Crippen molar-refractivity contribution >= 4 is 17.0 Å². The first-order chi connectivity index (χ1) is 14.7. The maximum atomic E-state index is 12.9. The van der Waals surface area contributed by atoms with Gasteiger partial charge in [-0.1, -0.05) is 69.2 Å². The second-order valence-corrected chi connectivity index (χ2v) is 7.39. The van der Waals surface area contributed by atoms with Crippen molar-refractivity contribution in [2.45, 2.75) is 39.5 Å². The van der Waals surface area contributed by atoms with E-state index >= 15 is 0 Å². The lowest BCUT2D eigenvalue weighted by atomic mass is 10.00. The van der Waals surface area contributed by atoms with Gasteiger partial charge in [-0.15, -0.1) is 0 Å². The van der Waals surface area contributed by atoms with Crippen LogP contribution in [-0.4, -0.2) is 25.7 Å². The van der Waals surface area contributed by atoms with E-state index in [0.29, 0.717) is 11.8 Å². The summed E-state index contributed by atoms with van der Waals surface area (Å²) in [4.78, 5) is 20.7. The van der Waals surface area contributed by atoms with Crippen molar-refractivity contribution in [3.05, 3.63) is 60.7 Å². The monoisotopic (exact) mass is 402 g/mol. The minimum Gasteiger partial charge on any atom is -0.407 e. The molecule has 154 valence electrons. The zero-order valence-electron chi connectivity index (χ0n) is 17.3. The zero-order chi connectivity index (χ0) is 20.9. The molecule has 2 heterocycles. The summed E-state index contributed by atoms with van der Waals surface area (Å²) in [6.07, 6.45) is 3.64. The van der Waals surface area contributed by atoms with Gasteiger partial charge in [-0.05, 0) is 25.0 Å². The Kier molecular flexibility index (Phi) is 5.93. The van der Waals surface area contributed by atoms with E-state index < -0.39 is 0 Å². The summed E-state index contributed by atoms with van der Waals surface area (Å²) in [6, 6.07) is 19.4. The Morgan fingerprint density at radius 2 is 1.87 bits per heavy atom. The van der Waals surface area contributed by atoms with Crippen LogP contribution in [0.2, 0.25) is 0 Å². The highest BCUT2D eigenvalue weighted by Gasteiger charge is 2.22. The molecule has 0 radical (unpaired) electrons. The number of H-pyrrole nitrogens is 1. The quantitative estimate of drug-likeness (QED) is 0.393. The lowest BCUT2D eigenvalue weighted by Crippen LogP contribution is -2.21. The van der Waals surface area contributed by atoms with Crippen LogP contribution in [0.5, 0.6) is 5.88 Å². The highest BCUT2D eigenvalue weighted by atomic mass is 16.5. The number of nitrogens with zero attached hydrogens (tertiary/aromatic N) is 3. The molecule has 0 aliphatic carbocycles. The zero-order valence-corrected chi connectivity index (χ0v) is 17.3. The predicted molar refractivity (Wildman–Crippen MR) is 118 cm³/mol. The molecule has 4 aromatic rings. The third-order valence-corrected chi connectivity index (χ3v) is 5.26. The standard InChI is InChI=1S/C24H26N4O2/c1-3-5-11-17(4-2)23(29)30-22-16-21(18-12-7-6-8-13-18)27-28(22)24-25-19-14-9-10-15-20(19)26-24/h6-10,12-17H,3-5,11H2,1-2H3,(H,25,26). The topological polar surface area (TPSA) is 72.8 Å². The Balaban J connectivity index is 1.72. The average molecular weight is 402 g/mol. The largest absolute Gasteiger partial charge is 0.407 e. The Morgan fingerprint density at radius 3 is 2.60 bits per heavy atom. The van der Waals surface area contributed by atoms with Crippen LogP contribution in [0.4, 0.5) is 0 Å². The molecule has 6 nitrogen and oxygen atoms in total. The third-order valence-electron chi connectivity index (χ3n) is 5.26. The Labute approximate surface area is 175 Å². The summed E-state index contributed by atoms with van der Waals surface area (Å²) in [5.41, 5.74) is 3.40. The second-order valence-electron chi connectivity index (χ2n) is 7.39. The van der Waals surface area contributed by atoms with Gasteiger partial charge < -0.3 is 9.72 Å². The van der Waals surface area contributed by atoms with Crippen LogP contribution >= 0.6 is 0 Å². The Hall–Kier alpha value is -3.41. The number of aromatic nitrogens is 4. The number of benzene rings is 2. The predicted octanol–water partition coefficient (Wildman–Crippen LogP) is 5.54. The molecule has 2 aromatic carbocycles. The van der Waals surface area contributed by atoms with Gasteiger partial charge >= 0.3 is 5.97 Å². The van der Waals surface area contributed by atoms with E-state index in [1.54, 1.807) is 10.7 Å². The van der Waals surface area contributed by atoms with Crippen LogP contribution in [0.1, 0.15) is 39.5 Å². The number of ether oxygens (including phenoxy) is 1. The van der Waals surface area contributed by atoms with Crippen LogP contribution in [0.3, 0.4) is 0 Å². The number of rotatable bonds is 8. The number of nitrogens with one attached hydrogen (secondary N) is 1. The van der Waals surface area contributed by atoms with Crippen molar-refractivity contribution in [2.75, 3.05) is 0 Å². The summed E-state index contributed by atoms with van der Waals surface area (Å²) < 4.78 is 7.43. The number of fused-ring (bicyclic) bond motifs is 1. The Morgan fingerprint density at radius 1 is 1.10 bits per heavy atom. The summed E-state index contributed by atoms with van der Waals surface area (Å²) in [5.74, 6) is 0.544. The fourth-order valence-electron chi connectivity index (χ4n) is 3.50. The number of para-hydroxylation sites is 2. The molecule has 30 heavy (non-hydrogen) atoms. The molecular weight excluding hydrogens is 376 g/mol. The van der Waals surface area contributed by atoms with E-state index in [2.05, 4.69) is 16.9 Å². The van der Waals surface area contributed by atoms with Crippen LogP contribution in [0, 0.1) is 5.92 Å². The van der Waals surface area contributed by atoms with Gasteiger partial charge in [0.1, 0.15) is 0 Å². The highest BCUT2D eigenvalue weighted by molar-refractivity contribution is 5.77. The molecule has 1 atom stereocenters. The van der Waals surface area contributed by atoms with E-state index in [-0.39, 0.29) is 11.9 Å². The minimum absolute atomic E-state index is 0.121. The van der Waals surface area contributed by atoms with Gasteiger partial charge in [0.15, 0.2) is 0 Å². The van der Waals surface area contributed by atoms with Crippen LogP contribution in [0.25, 0.3) is 28.2 Å². The van der Waals surface area contributed by atoms with Crippen molar-refractivity contribution in [3.63, 3.8) is 0 Å². The molecule has 1 N–H and O–H groups in total. The first kappa shape index (κ1) is 19.9. The molecule has 0 amide bonds. The van der Waals surface area contributed by atoms with Crippen molar-refractivity contribution in [3.8, 4) is 23.1 Å². The molecule has 0 fully saturated rings. The van der Waals surface area contributed by atoms with Crippen LogP contribution in [0.15, 0.2) is 60.7 Å². The smallest absolute Gasteiger partial charge is 0.315 e. The van der Waals surface area contributed by atoms with E-state index in [1.807, 2.05) is 61.5 Å². The fraction of sp³-hybridized carbons (Fsp3) is 0.292. The van der Waals surface area contributed by atoms with Crippen LogP contribution < -0.4 is 4.74 Å². The van der Waals surface area contributed by atoms with Crippen molar-refractivity contribution in [2.24, 2.45) is 5.92 Å². The summed E-state index contributed by atoms with van der Waals surface area (Å²) in [5, 5.41) is 4.69. The van der Waals surface area contributed by atoms with Crippen molar-refractivity contribution in [1.82, 2.24) is 19.7 Å². The molecule has 4 rings (SSSR count). The van der Waals surface area contributed by atoms with E-state index in [0.717, 1.165) is 48.0 Å². The second kappa shape index (κ2) is 8.95. The van der Waals surface area contributed by atoms with Gasteiger partial charge in [0.25, 0.3) is 0 Å². The molecule has 2 aromatic heterocycles. The van der Waals surface area contributed by atoms with Crippen molar-refractivity contribution < 1.29 is 9.53 Å². The first-order valence-corrected chi connectivity index (χ1v) is 10.5. The number of hydrogen-bond donors (Lipinski definition) is 1. The number of carbonyl (C=O) groups excluding carboxylic acids is 1. The Bertz CT molecular complexity index is 1100. The van der Waals surface area contributed by atoms with E-state index in [9.17, 15) is 4.79 Å². The number of unbranched alkanes of at least 4 members (excludes halogenated alkanes) is 1. The van der Waals surface area contributed by atoms with Gasteiger partial charge in [-0.25, -0.2) is 4.98 Å². The van der Waals surface area contributed by atoms with Gasteiger partial charge in [-0.3, -0.25) is 4.79 Å². The van der Waals surface area contributed by atoms with Crippen LogP contribution in [-0.2, 0) is 4.79 Å². The van der Waals surface area contributed by atoms with E-state index in [4.69, 9.17) is 9.84 Å². The summed E-state index contributed by atoms with van der Waals surface area (Å²) in [7, 11) is 0. The number of carbonyl (C=O) groups is 1. The van der Waals surface area contributed by atoms with E-state index in [1.165, 1.54) is 0 Å². The highest BCUT2D eigenvalue weighted by Crippen LogP contribution is 2.27. The van der Waals surface area contributed by atoms with Crippen molar-refractivity contribution in [1.29, 1.82) is 0 Å². The minimum atomic E-state index is -0.220. The van der Waals surface area contributed by atoms with Gasteiger partial charge in [-0.2, -0.15) is 9.78 Å². The number of imidazole rings is 1. The molecule has 0 bridgehead atoms. The number of esters is 1. The van der Waals surface area contributed by atoms with Gasteiger partial charge in [0.2, 0.25) is 11.8 Å². The summed E-state index contributed by atoms with van der Waals surface area (Å²) >= 11 is 0. The molecular formula is C24H26N4O2. The first-order valence-electron chi connectivity index (χ1n) is 10.5. The average Bonchev–Trinajstić information content (AvgIpc) is 3.39. The molecule has 0 aliphatic rings. The molecule has 0 aliphatic heterocycles. The molecule has 1 unspecified atom stereocenters. The third kappa shape index (κ3) is 4.13. The lowest BCUT2D eigenvalue weighted by molar-refractivity contribution is -0.139. The van der Waals surface area contributed by atoms with Gasteiger partial charge in [0.05, 0.1) is 22.6 Å². The maximum Gasteiger partial charge on any atom is 0.315 e. The lowest BCUT2D eigenvalue weighted by Gasteiger charge is -2.13. The van der Waals surface area contributed by atoms with Gasteiger partial charge in [0, 0.05) is 11.6 Å². The number of aromatic amines is 1. The molecule has 0 saturated carbocycles. The molecule has 0 spiro atoms. The fourth-order valence-corrected chi connectivity index (χ4v) is 3.50. The molecule has 6 heteroatoms. The molecule has 0 saturated heterocycles. The summed E-state index contributed by atoms with van der Waals surface area (Å²) in [6.45, 7) is 4.15.